The number of nitrogens with zero attached hydrogens (tertiary/aromatic N) is 5. The minimum atomic E-state index is -3.94. The lowest BCUT2D eigenvalue weighted by Gasteiger charge is -2.16. The zero-order valence-corrected chi connectivity index (χ0v) is 23.3. The number of nitrogens with one attached hydrogen (secondary N) is 3. The average Bonchev–Trinajstić information content (AvgIpc) is 3.61. The van der Waals surface area contributed by atoms with Crippen molar-refractivity contribution < 1.29 is 13.2 Å². The predicted octanol–water partition coefficient (Wildman–Crippen LogP) is 5.32. The van der Waals surface area contributed by atoms with E-state index >= 15 is 0 Å². The number of aromatic nitrogens is 5. The van der Waals surface area contributed by atoms with E-state index in [2.05, 4.69) is 25.8 Å². The molecule has 0 unspecified atom stereocenters. The highest BCUT2D eigenvalue weighted by Crippen LogP contribution is 2.31. The number of benzene rings is 3. The van der Waals surface area contributed by atoms with Crippen LogP contribution in [0.15, 0.2) is 90.1 Å². The maximum atomic E-state index is 13.7. The van der Waals surface area contributed by atoms with Crippen LogP contribution >= 0.6 is 0 Å². The van der Waals surface area contributed by atoms with Crippen molar-refractivity contribution in [2.45, 2.75) is 18.7 Å². The van der Waals surface area contributed by atoms with Gasteiger partial charge in [-0.3, -0.25) is 9.89 Å². The minimum Gasteiger partial charge on any atom is -0.339 e. The Morgan fingerprint density at radius 2 is 1.66 bits per heavy atom. The van der Waals surface area contributed by atoms with Gasteiger partial charge in [0, 0.05) is 42.6 Å². The summed E-state index contributed by atoms with van der Waals surface area (Å²) in [4.78, 5) is 22.7. The molecule has 41 heavy (non-hydrogen) atoms. The van der Waals surface area contributed by atoms with Crippen LogP contribution < -0.4 is 15.5 Å². The topological polar surface area (TPSA) is 138 Å². The van der Waals surface area contributed by atoms with Crippen LogP contribution in [-0.4, -0.2) is 45.5 Å². The largest absolute Gasteiger partial charge is 0.339 e. The number of aryl methyl sites for hydroxylation is 1. The number of carbonyl (C=O) groups excluding carboxylic acids is 1. The van der Waals surface area contributed by atoms with Crippen LogP contribution in [-0.2, 0) is 14.8 Å². The standard InChI is InChI=1S/C29H26N8O3S/c1-18-4-12-24(13-5-18)41(39,40)37-15-14-25-27(31-22-7-6-20-17-30-35-26(20)16-22)33-29(34-28(25)37)32-21-8-10-23(11-9-21)36(3)19(2)38/h4-17H,1-3H3,(H,30,35)(H2,31,32,33,34). The summed E-state index contributed by atoms with van der Waals surface area (Å²) >= 11 is 0. The smallest absolute Gasteiger partial charge is 0.269 e. The summed E-state index contributed by atoms with van der Waals surface area (Å²) in [7, 11) is -2.25. The molecule has 6 aromatic rings. The quantitative estimate of drug-likeness (QED) is 0.236. The van der Waals surface area contributed by atoms with Crippen molar-refractivity contribution in [3.05, 3.63) is 90.8 Å². The number of rotatable bonds is 7. The number of aromatic amines is 1. The van der Waals surface area contributed by atoms with E-state index in [1.165, 1.54) is 18.0 Å². The van der Waals surface area contributed by atoms with Gasteiger partial charge in [-0.1, -0.05) is 17.7 Å². The third-order valence-electron chi connectivity index (χ3n) is 6.78. The van der Waals surface area contributed by atoms with E-state index in [1.807, 2.05) is 25.1 Å². The Hall–Kier alpha value is -5.23. The number of anilines is 5. The minimum absolute atomic E-state index is 0.0842. The van der Waals surface area contributed by atoms with Crippen LogP contribution in [0.1, 0.15) is 12.5 Å². The monoisotopic (exact) mass is 566 g/mol. The number of hydrogen-bond acceptors (Lipinski definition) is 8. The van der Waals surface area contributed by atoms with Crippen molar-refractivity contribution in [1.29, 1.82) is 0 Å². The summed E-state index contributed by atoms with van der Waals surface area (Å²) in [6.45, 7) is 3.39. The third-order valence-corrected chi connectivity index (χ3v) is 8.46. The molecule has 3 N–H and O–H groups in total. The average molecular weight is 567 g/mol. The normalized spacial score (nSPS) is 11.6. The molecule has 3 aromatic carbocycles. The van der Waals surface area contributed by atoms with Crippen molar-refractivity contribution in [2.24, 2.45) is 0 Å². The second-order valence-corrected chi connectivity index (χ2v) is 11.4. The molecule has 0 spiro atoms. The van der Waals surface area contributed by atoms with Gasteiger partial charge in [-0.2, -0.15) is 15.1 Å². The second kappa shape index (κ2) is 10.1. The molecule has 0 atom stereocenters. The molecule has 3 heterocycles. The van der Waals surface area contributed by atoms with E-state index in [1.54, 1.807) is 67.8 Å². The Kier molecular flexibility index (Phi) is 6.39. The molecular weight excluding hydrogens is 540 g/mol. The van der Waals surface area contributed by atoms with Crippen molar-refractivity contribution in [1.82, 2.24) is 24.1 Å². The second-order valence-electron chi connectivity index (χ2n) is 9.61. The molecule has 3 aromatic heterocycles. The van der Waals surface area contributed by atoms with Gasteiger partial charge >= 0.3 is 0 Å². The summed E-state index contributed by atoms with van der Waals surface area (Å²) in [5.74, 6) is 0.524. The van der Waals surface area contributed by atoms with Crippen LogP contribution in [0, 0.1) is 6.92 Å². The molecule has 0 saturated heterocycles. The van der Waals surface area contributed by atoms with Crippen LogP contribution in [0.3, 0.4) is 0 Å². The molecule has 0 saturated carbocycles. The molecule has 12 heteroatoms. The fourth-order valence-corrected chi connectivity index (χ4v) is 5.69. The number of H-pyrrole nitrogens is 1. The van der Waals surface area contributed by atoms with Gasteiger partial charge in [0.1, 0.15) is 5.82 Å². The van der Waals surface area contributed by atoms with E-state index < -0.39 is 10.0 Å². The molecule has 6 rings (SSSR count). The van der Waals surface area contributed by atoms with Gasteiger partial charge in [-0.05, 0) is 67.6 Å². The first-order valence-electron chi connectivity index (χ1n) is 12.7. The molecule has 1 amide bonds. The highest BCUT2D eigenvalue weighted by atomic mass is 32.2. The Morgan fingerprint density at radius 1 is 0.927 bits per heavy atom. The fraction of sp³-hybridized carbons (Fsp3) is 0.103. The van der Waals surface area contributed by atoms with Gasteiger partial charge in [0.15, 0.2) is 5.65 Å². The molecule has 11 nitrogen and oxygen atoms in total. The maximum Gasteiger partial charge on any atom is 0.269 e. The molecule has 0 aliphatic rings. The van der Waals surface area contributed by atoms with E-state index in [-0.39, 0.29) is 22.4 Å². The van der Waals surface area contributed by atoms with Crippen molar-refractivity contribution in [3.8, 4) is 0 Å². The Balaban J connectivity index is 1.44. The van der Waals surface area contributed by atoms with E-state index in [4.69, 9.17) is 4.98 Å². The summed E-state index contributed by atoms with van der Waals surface area (Å²) in [5.41, 5.74) is 4.13. The predicted molar refractivity (Wildman–Crippen MR) is 159 cm³/mol. The van der Waals surface area contributed by atoms with Crippen LogP contribution in [0.4, 0.5) is 28.8 Å². The first kappa shape index (κ1) is 26.0. The summed E-state index contributed by atoms with van der Waals surface area (Å²) < 4.78 is 28.5. The van der Waals surface area contributed by atoms with Crippen molar-refractivity contribution >= 4 is 66.7 Å². The maximum absolute atomic E-state index is 13.7. The number of carbonyl (C=O) groups is 1. The fourth-order valence-electron chi connectivity index (χ4n) is 4.39. The van der Waals surface area contributed by atoms with E-state index in [9.17, 15) is 13.2 Å². The van der Waals surface area contributed by atoms with Gasteiger partial charge < -0.3 is 15.5 Å². The lowest BCUT2D eigenvalue weighted by Crippen LogP contribution is -2.22. The number of fused-ring (bicyclic) bond motifs is 2. The Morgan fingerprint density at radius 3 is 2.39 bits per heavy atom. The molecule has 0 bridgehead atoms. The van der Waals surface area contributed by atoms with Crippen LogP contribution in [0.5, 0.6) is 0 Å². The highest BCUT2D eigenvalue weighted by Gasteiger charge is 2.22. The van der Waals surface area contributed by atoms with Crippen LogP contribution in [0.2, 0.25) is 0 Å². The number of amides is 1. The zero-order valence-electron chi connectivity index (χ0n) is 22.5. The van der Waals surface area contributed by atoms with Crippen molar-refractivity contribution in [2.75, 3.05) is 22.6 Å². The zero-order chi connectivity index (χ0) is 28.7. The molecule has 0 aliphatic heterocycles. The SMILES string of the molecule is CC(=O)N(C)c1ccc(Nc2nc(Nc3ccc4cn[nH]c4c3)c3ccn(S(=O)(=O)c4ccc(C)cc4)c3n2)cc1. The van der Waals surface area contributed by atoms with Gasteiger partial charge in [-0.15, -0.1) is 0 Å². The Bertz CT molecular complexity index is 2010. The van der Waals surface area contributed by atoms with Gasteiger partial charge in [0.25, 0.3) is 10.0 Å². The third kappa shape index (κ3) is 4.96. The van der Waals surface area contributed by atoms with Gasteiger partial charge in [0.05, 0.1) is 22.0 Å². The lowest BCUT2D eigenvalue weighted by atomic mass is 10.2. The lowest BCUT2D eigenvalue weighted by molar-refractivity contribution is -0.116. The van der Waals surface area contributed by atoms with Gasteiger partial charge in [-0.25, -0.2) is 12.4 Å². The summed E-state index contributed by atoms with van der Waals surface area (Å²) in [6, 6.07) is 21.2. The van der Waals surface area contributed by atoms with Crippen molar-refractivity contribution in [3.63, 3.8) is 0 Å². The van der Waals surface area contributed by atoms with Gasteiger partial charge in [0.2, 0.25) is 11.9 Å². The molecule has 206 valence electrons. The first-order valence-corrected chi connectivity index (χ1v) is 14.2. The highest BCUT2D eigenvalue weighted by molar-refractivity contribution is 7.90. The molecule has 0 fully saturated rings. The molecule has 0 aliphatic carbocycles. The first-order chi connectivity index (χ1) is 19.7. The summed E-state index contributed by atoms with van der Waals surface area (Å²) in [6.07, 6.45) is 3.22. The van der Waals surface area contributed by atoms with E-state index in [0.717, 1.165) is 31.8 Å². The summed E-state index contributed by atoms with van der Waals surface area (Å²) in [5, 5.41) is 15.0. The molecule has 0 radical (unpaired) electrons. The Labute approximate surface area is 235 Å². The van der Waals surface area contributed by atoms with Crippen LogP contribution in [0.25, 0.3) is 21.9 Å². The van der Waals surface area contributed by atoms with E-state index in [0.29, 0.717) is 16.9 Å². The number of hydrogen-bond donors (Lipinski definition) is 3. The molecular formula is C29H26N8O3S.